The predicted molar refractivity (Wildman–Crippen MR) is 221 cm³/mol. The maximum atomic E-state index is 12.5. The lowest BCUT2D eigenvalue weighted by molar-refractivity contribution is -0.313. The van der Waals surface area contributed by atoms with Gasteiger partial charge in [-0.3, -0.25) is 4.79 Å². The molecule has 14 atom stereocenters. The Morgan fingerprint density at radius 1 is 0.891 bits per heavy atom. The average Bonchev–Trinajstić information content (AvgIpc) is 3.52. The Bertz CT molecular complexity index is 1290. The monoisotopic (exact) mass is 769 g/mol. The van der Waals surface area contributed by atoms with Crippen LogP contribution in [0.25, 0.3) is 0 Å². The highest BCUT2D eigenvalue weighted by molar-refractivity contribution is 5.69. The average molecular weight is 769 g/mol. The van der Waals surface area contributed by atoms with Gasteiger partial charge in [0.25, 0.3) is 0 Å². The van der Waals surface area contributed by atoms with Crippen LogP contribution >= 0.6 is 0 Å². The molecule has 0 radical (unpaired) electrons. The summed E-state index contributed by atoms with van der Waals surface area (Å²) in [4.78, 5) is 12.5. The molecular weight excluding hydrogens is 689 g/mol. The number of allylic oxidation sites excluding steroid dienone is 5. The molecule has 7 heteroatoms. The summed E-state index contributed by atoms with van der Waals surface area (Å²) in [5, 5.41) is 32.4. The molecule has 4 fully saturated rings. The third-order valence-electron chi connectivity index (χ3n) is 15.5. The Morgan fingerprint density at radius 3 is 2.38 bits per heavy atom. The van der Waals surface area contributed by atoms with Gasteiger partial charge in [-0.05, 0) is 136 Å². The van der Waals surface area contributed by atoms with Gasteiger partial charge in [-0.2, -0.15) is 0 Å². The van der Waals surface area contributed by atoms with Crippen molar-refractivity contribution in [2.45, 2.75) is 201 Å². The van der Waals surface area contributed by atoms with E-state index in [-0.39, 0.29) is 24.1 Å². The molecular formula is C48H80O7. The van der Waals surface area contributed by atoms with Gasteiger partial charge in [0.15, 0.2) is 6.29 Å². The van der Waals surface area contributed by atoms with Gasteiger partial charge < -0.3 is 29.5 Å². The Labute approximate surface area is 335 Å². The van der Waals surface area contributed by atoms with E-state index < -0.39 is 30.7 Å². The number of carbonyl (C=O) groups is 1. The number of aliphatic hydroxyl groups is 3. The van der Waals surface area contributed by atoms with E-state index in [0.717, 1.165) is 82.0 Å². The maximum absolute atomic E-state index is 12.5. The second-order valence-corrected chi connectivity index (χ2v) is 19.3. The third kappa shape index (κ3) is 10.6. The van der Waals surface area contributed by atoms with Crippen LogP contribution in [-0.4, -0.2) is 64.7 Å². The Balaban J connectivity index is 1.10. The summed E-state index contributed by atoms with van der Waals surface area (Å²) in [6.07, 6.45) is 25.0. The zero-order valence-corrected chi connectivity index (χ0v) is 35.8. The molecule has 0 aromatic rings. The molecule has 0 aromatic heterocycles. The molecule has 55 heavy (non-hydrogen) atoms. The summed E-state index contributed by atoms with van der Waals surface area (Å²) in [6, 6.07) is 0. The Morgan fingerprint density at radius 2 is 1.64 bits per heavy atom. The van der Waals surface area contributed by atoms with Gasteiger partial charge in [0, 0.05) is 6.42 Å². The molecule has 0 amide bonds. The van der Waals surface area contributed by atoms with Gasteiger partial charge in [-0.15, -0.1) is 0 Å². The van der Waals surface area contributed by atoms with Crippen LogP contribution in [0.3, 0.4) is 0 Å². The number of unbranched alkanes of at least 4 members (excludes halogenated alkanes) is 6. The molecule has 1 heterocycles. The second kappa shape index (κ2) is 20.5. The van der Waals surface area contributed by atoms with Gasteiger partial charge in [0.1, 0.15) is 31.0 Å². The summed E-state index contributed by atoms with van der Waals surface area (Å²) < 4.78 is 17.9. The zero-order chi connectivity index (χ0) is 39.8. The van der Waals surface area contributed by atoms with Crippen LogP contribution in [-0.2, 0) is 19.0 Å². The van der Waals surface area contributed by atoms with Crippen LogP contribution in [0.15, 0.2) is 36.0 Å². The van der Waals surface area contributed by atoms with Crippen LogP contribution < -0.4 is 0 Å². The first-order chi connectivity index (χ1) is 26.3. The van der Waals surface area contributed by atoms with Gasteiger partial charge in [-0.25, -0.2) is 0 Å². The van der Waals surface area contributed by atoms with Crippen molar-refractivity contribution >= 4 is 5.97 Å². The molecule has 0 aromatic carbocycles. The first kappa shape index (κ1) is 44.6. The molecule has 4 aliphatic carbocycles. The smallest absolute Gasteiger partial charge is 0.305 e. The number of hydrogen-bond donors (Lipinski definition) is 3. The summed E-state index contributed by atoms with van der Waals surface area (Å²) in [5.41, 5.74) is 2.05. The summed E-state index contributed by atoms with van der Waals surface area (Å²) >= 11 is 0. The molecule has 314 valence electrons. The molecule has 7 nitrogen and oxygen atoms in total. The van der Waals surface area contributed by atoms with E-state index in [2.05, 4.69) is 78.8 Å². The summed E-state index contributed by atoms with van der Waals surface area (Å²) in [6.45, 7) is 16.6. The summed E-state index contributed by atoms with van der Waals surface area (Å²) in [7, 11) is 0. The molecule has 0 spiro atoms. The second-order valence-electron chi connectivity index (χ2n) is 19.3. The number of hydrogen-bond acceptors (Lipinski definition) is 7. The fourth-order valence-corrected chi connectivity index (χ4v) is 12.0. The van der Waals surface area contributed by atoms with Crippen molar-refractivity contribution in [1.82, 2.24) is 0 Å². The fourth-order valence-electron chi connectivity index (χ4n) is 12.0. The molecule has 1 aliphatic heterocycles. The van der Waals surface area contributed by atoms with Crippen LogP contribution in [0.2, 0.25) is 0 Å². The highest BCUT2D eigenvalue weighted by Gasteiger charge is 2.59. The Hall–Kier alpha value is -1.51. The lowest BCUT2D eigenvalue weighted by Gasteiger charge is -2.58. The van der Waals surface area contributed by atoms with Gasteiger partial charge in [-0.1, -0.05) is 110 Å². The van der Waals surface area contributed by atoms with E-state index in [0.29, 0.717) is 35.5 Å². The molecule has 14 unspecified atom stereocenters. The van der Waals surface area contributed by atoms with Crippen molar-refractivity contribution in [2.75, 3.05) is 6.61 Å². The van der Waals surface area contributed by atoms with E-state index in [1.165, 1.54) is 50.5 Å². The molecule has 1 saturated heterocycles. The van der Waals surface area contributed by atoms with Crippen molar-refractivity contribution in [2.24, 2.45) is 52.3 Å². The lowest BCUT2D eigenvalue weighted by Crippen LogP contribution is -2.60. The number of fused-ring (bicyclic) bond motifs is 5. The molecule has 0 bridgehead atoms. The highest BCUT2D eigenvalue weighted by Crippen LogP contribution is 2.67. The SMILES string of the molecule is CCC/C=C\CCCCCCCC(=O)OCC1OC(OC2CCC3(C)C(=CCC4C3CCC3(C)C(C(C)/C=C/C(CC)C(C)C)CCC43)C2)C(O)C(O)C1O. The van der Waals surface area contributed by atoms with Gasteiger partial charge in [0.2, 0.25) is 0 Å². The minimum absolute atomic E-state index is 0.149. The topological polar surface area (TPSA) is 105 Å². The van der Waals surface area contributed by atoms with Crippen LogP contribution in [0.4, 0.5) is 0 Å². The first-order valence-corrected chi connectivity index (χ1v) is 22.9. The van der Waals surface area contributed by atoms with Crippen molar-refractivity contribution in [1.29, 1.82) is 0 Å². The van der Waals surface area contributed by atoms with Crippen molar-refractivity contribution in [3.63, 3.8) is 0 Å². The van der Waals surface area contributed by atoms with E-state index in [1.54, 1.807) is 0 Å². The summed E-state index contributed by atoms with van der Waals surface area (Å²) in [5.74, 6) is 4.60. The lowest BCUT2D eigenvalue weighted by atomic mass is 9.47. The van der Waals surface area contributed by atoms with Crippen LogP contribution in [0.5, 0.6) is 0 Å². The fraction of sp³-hybridized carbons (Fsp3) is 0.854. The standard InChI is InChI=1S/C48H80O7/c1-8-10-11-12-13-14-15-16-17-18-19-42(49)53-31-41-43(50)44(51)45(52)46(55-41)54-36-26-28-47(6)35(30-36)22-23-37-39-25-24-38(48(39,7)29-27-40(37)47)33(5)20-21-34(9-2)32(3)4/h11-12,20-22,32-34,36-41,43-46,50-52H,8-10,13-19,23-31H2,1-7H3/b12-11-,21-20+. The van der Waals surface area contributed by atoms with Crippen LogP contribution in [0, 0.1) is 52.3 Å². The van der Waals surface area contributed by atoms with E-state index in [1.807, 2.05) is 0 Å². The number of esters is 1. The van der Waals surface area contributed by atoms with E-state index >= 15 is 0 Å². The number of carbonyl (C=O) groups excluding carboxylic acids is 1. The van der Waals surface area contributed by atoms with E-state index in [4.69, 9.17) is 14.2 Å². The Kier molecular flexibility index (Phi) is 16.6. The highest BCUT2D eigenvalue weighted by atomic mass is 16.7. The van der Waals surface area contributed by atoms with Crippen molar-refractivity contribution < 1.29 is 34.3 Å². The molecule has 5 aliphatic rings. The first-order valence-electron chi connectivity index (χ1n) is 22.9. The van der Waals surface area contributed by atoms with Gasteiger partial charge >= 0.3 is 5.97 Å². The minimum atomic E-state index is -1.45. The molecule has 5 rings (SSSR count). The zero-order valence-electron chi connectivity index (χ0n) is 35.8. The number of ether oxygens (including phenoxy) is 3. The molecule has 3 N–H and O–H groups in total. The number of aliphatic hydroxyl groups excluding tert-OH is 3. The third-order valence-corrected chi connectivity index (χ3v) is 15.5. The van der Waals surface area contributed by atoms with Crippen molar-refractivity contribution in [3.05, 3.63) is 36.0 Å². The van der Waals surface area contributed by atoms with E-state index in [9.17, 15) is 20.1 Å². The largest absolute Gasteiger partial charge is 0.463 e. The normalized spacial score (nSPS) is 38.8. The van der Waals surface area contributed by atoms with Crippen LogP contribution in [0.1, 0.15) is 164 Å². The predicted octanol–water partition coefficient (Wildman–Crippen LogP) is 10.3. The minimum Gasteiger partial charge on any atom is -0.463 e. The quantitative estimate of drug-likeness (QED) is 0.0683. The molecule has 3 saturated carbocycles. The number of rotatable bonds is 19. The van der Waals surface area contributed by atoms with Gasteiger partial charge in [0.05, 0.1) is 6.10 Å². The maximum Gasteiger partial charge on any atom is 0.305 e. The van der Waals surface area contributed by atoms with Crippen molar-refractivity contribution in [3.8, 4) is 0 Å².